The first kappa shape index (κ1) is 19.9. The molecule has 0 amide bonds. The van der Waals surface area contributed by atoms with E-state index in [1.165, 1.54) is 5.56 Å². The molecule has 2 aromatic rings. The first-order valence-electron chi connectivity index (χ1n) is 9.58. The molecule has 1 aliphatic heterocycles. The second-order valence-electron chi connectivity index (χ2n) is 6.68. The number of piperazine rings is 1. The molecule has 6 heteroatoms. The zero-order chi connectivity index (χ0) is 19.8. The summed E-state index contributed by atoms with van der Waals surface area (Å²) in [5.41, 5.74) is 2.75. The van der Waals surface area contributed by atoms with Crippen molar-refractivity contribution in [2.75, 3.05) is 44.3 Å². The maximum Gasteiger partial charge on any atom is 0.344 e. The molecule has 0 N–H and O–H groups in total. The minimum Gasteiger partial charge on any atom is -0.481 e. The molecular weight excluding hydrogens is 356 g/mol. The second-order valence-corrected chi connectivity index (χ2v) is 6.68. The molecule has 1 saturated heterocycles. The number of ether oxygens (including phenoxy) is 2. The molecule has 0 atom stereocenters. The van der Waals surface area contributed by atoms with Crippen molar-refractivity contribution in [3.05, 3.63) is 59.7 Å². The first-order valence-corrected chi connectivity index (χ1v) is 9.58. The topological polar surface area (TPSA) is 59.1 Å². The Morgan fingerprint density at radius 2 is 1.82 bits per heavy atom. The SMILES string of the molecule is CCOC(=O)COc1ccc(N2CCN(Cc3ccccc3)CC2)cc1C=O. The maximum atomic E-state index is 11.5. The van der Waals surface area contributed by atoms with E-state index in [4.69, 9.17) is 9.47 Å². The molecule has 3 rings (SSSR count). The largest absolute Gasteiger partial charge is 0.481 e. The molecule has 0 bridgehead atoms. The summed E-state index contributed by atoms with van der Waals surface area (Å²) in [5, 5.41) is 0. The van der Waals surface area contributed by atoms with Crippen LogP contribution in [0.4, 0.5) is 5.69 Å². The predicted octanol–water partition coefficient (Wildman–Crippen LogP) is 2.76. The van der Waals surface area contributed by atoms with E-state index in [2.05, 4.69) is 34.1 Å². The van der Waals surface area contributed by atoms with E-state index in [0.29, 0.717) is 17.9 Å². The van der Waals surface area contributed by atoms with E-state index in [1.807, 2.05) is 18.2 Å². The molecule has 0 aromatic heterocycles. The van der Waals surface area contributed by atoms with Gasteiger partial charge in [0, 0.05) is 38.4 Å². The average Bonchev–Trinajstić information content (AvgIpc) is 2.74. The van der Waals surface area contributed by atoms with Gasteiger partial charge >= 0.3 is 5.97 Å². The third-order valence-electron chi connectivity index (χ3n) is 4.76. The summed E-state index contributed by atoms with van der Waals surface area (Å²) in [4.78, 5) is 27.6. The van der Waals surface area contributed by atoms with Crippen LogP contribution in [0.1, 0.15) is 22.8 Å². The predicted molar refractivity (Wildman–Crippen MR) is 108 cm³/mol. The number of nitrogens with zero attached hydrogens (tertiary/aromatic N) is 2. The average molecular weight is 382 g/mol. The molecule has 0 saturated carbocycles. The molecule has 0 unspecified atom stereocenters. The number of carbonyl (C=O) groups is 2. The van der Waals surface area contributed by atoms with Gasteiger partial charge in [-0.05, 0) is 30.7 Å². The maximum absolute atomic E-state index is 11.5. The molecule has 1 fully saturated rings. The van der Waals surface area contributed by atoms with Gasteiger partial charge in [-0.2, -0.15) is 0 Å². The molecule has 2 aromatic carbocycles. The van der Waals surface area contributed by atoms with Crippen LogP contribution in [0.25, 0.3) is 0 Å². The molecule has 0 aliphatic carbocycles. The molecular formula is C22H26N2O4. The van der Waals surface area contributed by atoms with Crippen molar-refractivity contribution in [1.29, 1.82) is 0 Å². The van der Waals surface area contributed by atoms with E-state index in [1.54, 1.807) is 13.0 Å². The number of hydrogen-bond donors (Lipinski definition) is 0. The van der Waals surface area contributed by atoms with Crippen molar-refractivity contribution in [3.8, 4) is 5.75 Å². The lowest BCUT2D eigenvalue weighted by atomic mass is 10.1. The Bertz CT molecular complexity index is 786. The Kier molecular flexibility index (Phi) is 7.03. The van der Waals surface area contributed by atoms with Crippen LogP contribution in [-0.4, -0.2) is 56.5 Å². The fourth-order valence-corrected chi connectivity index (χ4v) is 3.30. The van der Waals surface area contributed by atoms with Crippen LogP contribution in [-0.2, 0) is 16.1 Å². The highest BCUT2D eigenvalue weighted by Crippen LogP contribution is 2.25. The van der Waals surface area contributed by atoms with E-state index >= 15 is 0 Å². The van der Waals surface area contributed by atoms with Crippen molar-refractivity contribution >= 4 is 17.9 Å². The Morgan fingerprint density at radius 3 is 2.50 bits per heavy atom. The Morgan fingerprint density at radius 1 is 1.07 bits per heavy atom. The van der Waals surface area contributed by atoms with Gasteiger partial charge in [0.25, 0.3) is 0 Å². The quantitative estimate of drug-likeness (QED) is 0.517. The molecule has 0 radical (unpaired) electrons. The zero-order valence-electron chi connectivity index (χ0n) is 16.2. The van der Waals surface area contributed by atoms with Crippen LogP contribution in [0.15, 0.2) is 48.5 Å². The van der Waals surface area contributed by atoms with Gasteiger partial charge in [0.2, 0.25) is 0 Å². The van der Waals surface area contributed by atoms with Gasteiger partial charge in [-0.3, -0.25) is 9.69 Å². The summed E-state index contributed by atoms with van der Waals surface area (Å²) in [6.07, 6.45) is 0.760. The van der Waals surface area contributed by atoms with Gasteiger partial charge in [0.05, 0.1) is 12.2 Å². The number of benzene rings is 2. The van der Waals surface area contributed by atoms with Gasteiger partial charge in [0.1, 0.15) is 5.75 Å². The van der Waals surface area contributed by atoms with Crippen molar-refractivity contribution < 1.29 is 19.1 Å². The van der Waals surface area contributed by atoms with Crippen molar-refractivity contribution in [2.24, 2.45) is 0 Å². The monoisotopic (exact) mass is 382 g/mol. The summed E-state index contributed by atoms with van der Waals surface area (Å²) < 4.78 is 10.3. The molecule has 1 aliphatic rings. The van der Waals surface area contributed by atoms with Crippen LogP contribution >= 0.6 is 0 Å². The number of esters is 1. The Hall–Kier alpha value is -2.86. The Labute approximate surface area is 165 Å². The van der Waals surface area contributed by atoms with E-state index in [0.717, 1.165) is 44.7 Å². The number of hydrogen-bond acceptors (Lipinski definition) is 6. The van der Waals surface area contributed by atoms with Crippen LogP contribution < -0.4 is 9.64 Å². The summed E-state index contributed by atoms with van der Waals surface area (Å²) in [5.74, 6) is -0.0486. The van der Waals surface area contributed by atoms with Gasteiger partial charge in [0.15, 0.2) is 12.9 Å². The smallest absolute Gasteiger partial charge is 0.344 e. The van der Waals surface area contributed by atoms with Gasteiger partial charge in [-0.1, -0.05) is 30.3 Å². The highest BCUT2D eigenvalue weighted by Gasteiger charge is 2.18. The van der Waals surface area contributed by atoms with E-state index < -0.39 is 5.97 Å². The molecule has 6 nitrogen and oxygen atoms in total. The van der Waals surface area contributed by atoms with Crippen LogP contribution in [0.2, 0.25) is 0 Å². The van der Waals surface area contributed by atoms with Crippen molar-refractivity contribution in [2.45, 2.75) is 13.5 Å². The van der Waals surface area contributed by atoms with Gasteiger partial charge < -0.3 is 14.4 Å². The number of rotatable bonds is 8. The fourth-order valence-electron chi connectivity index (χ4n) is 3.30. The fraction of sp³-hybridized carbons (Fsp3) is 0.364. The van der Waals surface area contributed by atoms with E-state index in [9.17, 15) is 9.59 Å². The Balaban J connectivity index is 1.57. The highest BCUT2D eigenvalue weighted by atomic mass is 16.6. The minimum absolute atomic E-state index is 0.202. The normalized spacial score (nSPS) is 14.5. The van der Waals surface area contributed by atoms with Crippen LogP contribution in [0, 0.1) is 0 Å². The summed E-state index contributed by atoms with van der Waals surface area (Å²) >= 11 is 0. The lowest BCUT2D eigenvalue weighted by Crippen LogP contribution is -2.46. The summed E-state index contributed by atoms with van der Waals surface area (Å²) in [7, 11) is 0. The van der Waals surface area contributed by atoms with E-state index in [-0.39, 0.29) is 6.61 Å². The minimum atomic E-state index is -0.446. The number of carbonyl (C=O) groups excluding carboxylic acids is 2. The number of aldehydes is 1. The van der Waals surface area contributed by atoms with Crippen LogP contribution in [0.3, 0.4) is 0 Å². The molecule has 1 heterocycles. The summed E-state index contributed by atoms with van der Waals surface area (Å²) in [6.45, 7) is 6.52. The third-order valence-corrected chi connectivity index (χ3v) is 4.76. The highest BCUT2D eigenvalue weighted by molar-refractivity contribution is 5.82. The molecule has 148 valence electrons. The van der Waals surface area contributed by atoms with Crippen molar-refractivity contribution in [1.82, 2.24) is 4.90 Å². The molecule has 0 spiro atoms. The van der Waals surface area contributed by atoms with Gasteiger partial charge in [-0.15, -0.1) is 0 Å². The first-order chi connectivity index (χ1) is 13.7. The van der Waals surface area contributed by atoms with Crippen LogP contribution in [0.5, 0.6) is 5.75 Å². The number of anilines is 1. The van der Waals surface area contributed by atoms with Crippen molar-refractivity contribution in [3.63, 3.8) is 0 Å². The lowest BCUT2D eigenvalue weighted by molar-refractivity contribution is -0.145. The standard InChI is InChI=1S/C22H26N2O4/c1-2-27-22(26)17-28-21-9-8-20(14-19(21)16-25)24-12-10-23(11-13-24)15-18-6-4-3-5-7-18/h3-9,14,16H,2,10-13,15,17H2,1H3. The van der Waals surface area contributed by atoms with Gasteiger partial charge in [-0.25, -0.2) is 4.79 Å². The summed E-state index contributed by atoms with van der Waals surface area (Å²) in [6, 6.07) is 16.0. The third kappa shape index (κ3) is 5.33. The second kappa shape index (κ2) is 9.90. The zero-order valence-corrected chi connectivity index (χ0v) is 16.2. The lowest BCUT2D eigenvalue weighted by Gasteiger charge is -2.36. The molecule has 28 heavy (non-hydrogen) atoms.